The molecule has 0 saturated carbocycles. The Kier molecular flexibility index (Phi) is 5.29. The Morgan fingerprint density at radius 3 is 2.44 bits per heavy atom. The molecule has 1 aliphatic rings. The lowest BCUT2D eigenvalue weighted by Gasteiger charge is -2.35. The number of para-hydroxylation sites is 1. The van der Waals surface area contributed by atoms with E-state index in [9.17, 15) is 9.59 Å². The number of hydrogen-bond acceptors (Lipinski definition) is 7. The molecule has 32 heavy (non-hydrogen) atoms. The van der Waals surface area contributed by atoms with Gasteiger partial charge in [-0.05, 0) is 36.4 Å². The number of nitrogens with zero attached hydrogens (tertiary/aromatic N) is 7. The number of aromatic nitrogens is 5. The van der Waals surface area contributed by atoms with Gasteiger partial charge in [0.2, 0.25) is 5.91 Å². The molecule has 1 fully saturated rings. The molecule has 5 rings (SSSR count). The van der Waals surface area contributed by atoms with Gasteiger partial charge in [-0.15, -0.1) is 10.2 Å². The summed E-state index contributed by atoms with van der Waals surface area (Å²) in [5, 5.41) is 9.19. The average Bonchev–Trinajstić information content (AvgIpc) is 2.86. The van der Waals surface area contributed by atoms with Crippen LogP contribution in [0.3, 0.4) is 0 Å². The molecule has 9 nitrogen and oxygen atoms in total. The predicted molar refractivity (Wildman–Crippen MR) is 120 cm³/mol. The first kappa shape index (κ1) is 19.8. The van der Waals surface area contributed by atoms with E-state index < -0.39 is 0 Å². The zero-order chi connectivity index (χ0) is 21.9. The lowest BCUT2D eigenvalue weighted by atomic mass is 10.2. The van der Waals surface area contributed by atoms with Crippen molar-refractivity contribution in [2.24, 2.45) is 0 Å². The highest BCUT2D eigenvalue weighted by Gasteiger charge is 2.23. The minimum Gasteiger partial charge on any atom is -0.352 e. The lowest BCUT2D eigenvalue weighted by Crippen LogP contribution is -2.50. The number of fused-ring (bicyclic) bond motifs is 1. The molecule has 9 heteroatoms. The number of rotatable bonds is 4. The summed E-state index contributed by atoms with van der Waals surface area (Å²) in [7, 11) is 0. The normalized spacial score (nSPS) is 14.0. The molecular formula is C23H21N7O2. The highest BCUT2D eigenvalue weighted by atomic mass is 16.2. The van der Waals surface area contributed by atoms with Gasteiger partial charge in [-0.25, -0.2) is 4.98 Å². The maximum atomic E-state index is 12.8. The monoisotopic (exact) mass is 427 g/mol. The zero-order valence-corrected chi connectivity index (χ0v) is 17.3. The Balaban J connectivity index is 1.22. The summed E-state index contributed by atoms with van der Waals surface area (Å²) in [6.07, 6.45) is 4.89. The molecule has 0 radical (unpaired) electrons. The summed E-state index contributed by atoms with van der Waals surface area (Å²) in [4.78, 5) is 37.6. The summed E-state index contributed by atoms with van der Waals surface area (Å²) in [6, 6.07) is 14.8. The Morgan fingerprint density at radius 2 is 1.69 bits per heavy atom. The van der Waals surface area contributed by atoms with Crippen LogP contribution in [0.25, 0.3) is 22.2 Å². The molecule has 4 heterocycles. The lowest BCUT2D eigenvalue weighted by molar-refractivity contribution is -0.132. The minimum absolute atomic E-state index is 0.0168. The van der Waals surface area contributed by atoms with E-state index in [0.717, 1.165) is 17.1 Å². The third-order valence-corrected chi connectivity index (χ3v) is 5.62. The van der Waals surface area contributed by atoms with Crippen molar-refractivity contribution < 1.29 is 4.79 Å². The van der Waals surface area contributed by atoms with Crippen molar-refractivity contribution in [2.45, 2.75) is 6.54 Å². The quantitative estimate of drug-likeness (QED) is 0.488. The van der Waals surface area contributed by atoms with E-state index in [2.05, 4.69) is 25.1 Å². The van der Waals surface area contributed by atoms with Crippen molar-refractivity contribution in [2.75, 3.05) is 31.1 Å². The fraction of sp³-hybridized carbons (Fsp3) is 0.217. The Labute approximate surface area is 184 Å². The topological polar surface area (TPSA) is 97.1 Å². The highest BCUT2D eigenvalue weighted by molar-refractivity contribution is 5.79. The van der Waals surface area contributed by atoms with Crippen LogP contribution in [0.1, 0.15) is 0 Å². The van der Waals surface area contributed by atoms with Crippen LogP contribution in [0, 0.1) is 0 Å². The van der Waals surface area contributed by atoms with Crippen molar-refractivity contribution in [3.05, 3.63) is 77.6 Å². The van der Waals surface area contributed by atoms with E-state index in [-0.39, 0.29) is 18.0 Å². The van der Waals surface area contributed by atoms with E-state index in [1.807, 2.05) is 30.3 Å². The number of carbonyl (C=O) groups excluding carboxylic acids is 1. The third kappa shape index (κ3) is 3.92. The Hall–Kier alpha value is -4.14. The molecule has 0 spiro atoms. The first-order valence-corrected chi connectivity index (χ1v) is 10.4. The van der Waals surface area contributed by atoms with Gasteiger partial charge in [0.1, 0.15) is 6.54 Å². The second kappa shape index (κ2) is 8.54. The van der Waals surface area contributed by atoms with Crippen molar-refractivity contribution in [3.63, 3.8) is 0 Å². The number of pyridine rings is 1. The minimum atomic E-state index is -0.202. The number of hydrogen-bond donors (Lipinski definition) is 0. The molecule has 1 saturated heterocycles. The highest BCUT2D eigenvalue weighted by Crippen LogP contribution is 2.18. The first-order chi connectivity index (χ1) is 15.7. The van der Waals surface area contributed by atoms with Crippen LogP contribution in [0.2, 0.25) is 0 Å². The SMILES string of the molecule is O=C(Cn1cnc2ccccc2c1=O)N1CCN(c2ccc(-c3ccncc3)nn2)CC1. The third-order valence-electron chi connectivity index (χ3n) is 5.62. The van der Waals surface area contributed by atoms with Gasteiger partial charge in [0.25, 0.3) is 5.56 Å². The maximum absolute atomic E-state index is 12.8. The summed E-state index contributed by atoms with van der Waals surface area (Å²) in [6.45, 7) is 2.40. The van der Waals surface area contributed by atoms with Gasteiger partial charge in [-0.1, -0.05) is 12.1 Å². The first-order valence-electron chi connectivity index (χ1n) is 10.4. The van der Waals surface area contributed by atoms with Crippen LogP contribution in [0.15, 0.2) is 72.0 Å². The van der Waals surface area contributed by atoms with Gasteiger partial charge in [0.15, 0.2) is 5.82 Å². The van der Waals surface area contributed by atoms with Gasteiger partial charge in [-0.2, -0.15) is 0 Å². The smallest absolute Gasteiger partial charge is 0.261 e. The molecule has 160 valence electrons. The van der Waals surface area contributed by atoms with E-state index in [1.165, 1.54) is 10.9 Å². The predicted octanol–water partition coefficient (Wildman–Crippen LogP) is 1.60. The number of piperazine rings is 1. The largest absolute Gasteiger partial charge is 0.352 e. The summed E-state index contributed by atoms with van der Waals surface area (Å²) < 4.78 is 1.38. The molecule has 4 aromatic rings. The molecule has 0 aliphatic carbocycles. The second-order valence-electron chi connectivity index (χ2n) is 7.58. The van der Waals surface area contributed by atoms with Crippen LogP contribution in [-0.2, 0) is 11.3 Å². The molecule has 1 aliphatic heterocycles. The molecule has 1 aromatic carbocycles. The van der Waals surface area contributed by atoms with Crippen molar-refractivity contribution in [3.8, 4) is 11.3 Å². The van der Waals surface area contributed by atoms with E-state index >= 15 is 0 Å². The van der Waals surface area contributed by atoms with Gasteiger partial charge < -0.3 is 9.80 Å². The van der Waals surface area contributed by atoms with Crippen molar-refractivity contribution in [1.82, 2.24) is 29.6 Å². The molecule has 1 amide bonds. The summed E-state index contributed by atoms with van der Waals surface area (Å²) in [5.41, 5.74) is 2.19. The fourth-order valence-electron chi connectivity index (χ4n) is 3.82. The number of amides is 1. The van der Waals surface area contributed by atoms with Gasteiger partial charge in [0.05, 0.1) is 22.9 Å². The van der Waals surface area contributed by atoms with Crippen LogP contribution in [0.5, 0.6) is 0 Å². The molecule has 0 atom stereocenters. The molecular weight excluding hydrogens is 406 g/mol. The molecule has 0 unspecified atom stereocenters. The van der Waals surface area contributed by atoms with Gasteiger partial charge in [-0.3, -0.25) is 19.1 Å². The number of benzene rings is 1. The van der Waals surface area contributed by atoms with Crippen molar-refractivity contribution >= 4 is 22.6 Å². The average molecular weight is 427 g/mol. The Morgan fingerprint density at radius 1 is 0.906 bits per heavy atom. The van der Waals surface area contributed by atoms with Crippen LogP contribution in [-0.4, -0.2) is 61.7 Å². The van der Waals surface area contributed by atoms with Crippen LogP contribution >= 0.6 is 0 Å². The van der Waals surface area contributed by atoms with Gasteiger partial charge >= 0.3 is 0 Å². The number of carbonyl (C=O) groups is 1. The Bertz CT molecular complexity index is 1300. The fourth-order valence-corrected chi connectivity index (χ4v) is 3.82. The maximum Gasteiger partial charge on any atom is 0.261 e. The van der Waals surface area contributed by atoms with Crippen molar-refractivity contribution in [1.29, 1.82) is 0 Å². The number of anilines is 1. The van der Waals surface area contributed by atoms with Crippen LogP contribution < -0.4 is 10.5 Å². The molecule has 0 N–H and O–H groups in total. The summed E-state index contributed by atoms with van der Waals surface area (Å²) >= 11 is 0. The second-order valence-corrected chi connectivity index (χ2v) is 7.58. The zero-order valence-electron chi connectivity index (χ0n) is 17.3. The van der Waals surface area contributed by atoms with E-state index in [1.54, 1.807) is 35.5 Å². The standard InChI is InChI=1S/C23H21N7O2/c31-22(15-30-16-25-20-4-2-1-3-18(20)23(30)32)29-13-11-28(12-14-29)21-6-5-19(26-27-21)17-7-9-24-10-8-17/h1-10,16H,11-15H2. The summed E-state index contributed by atoms with van der Waals surface area (Å²) in [5.74, 6) is 0.688. The van der Waals surface area contributed by atoms with E-state index in [0.29, 0.717) is 37.1 Å². The molecule has 0 bridgehead atoms. The molecule has 3 aromatic heterocycles. The van der Waals surface area contributed by atoms with E-state index in [4.69, 9.17) is 0 Å². The van der Waals surface area contributed by atoms with Crippen LogP contribution in [0.4, 0.5) is 5.82 Å². The van der Waals surface area contributed by atoms with Gasteiger partial charge in [0, 0.05) is 44.1 Å².